The van der Waals surface area contributed by atoms with E-state index < -0.39 is 15.8 Å². The van der Waals surface area contributed by atoms with Crippen molar-refractivity contribution in [2.24, 2.45) is 5.73 Å². The fraction of sp³-hybridized carbons (Fsp3) is 0.538. The Balaban J connectivity index is 3.42. The maximum absolute atomic E-state index is 13.3. The minimum Gasteiger partial charge on any atom is -0.329 e. The summed E-state index contributed by atoms with van der Waals surface area (Å²) in [5.74, 6) is -0.427. The molecule has 0 saturated heterocycles. The molecule has 0 unspecified atom stereocenters. The van der Waals surface area contributed by atoms with Crippen molar-refractivity contribution in [3.8, 4) is 0 Å². The van der Waals surface area contributed by atoms with Crippen LogP contribution < -0.4 is 5.73 Å². The van der Waals surface area contributed by atoms with Gasteiger partial charge in [-0.3, -0.25) is 0 Å². The average Bonchev–Trinajstić information content (AvgIpc) is 2.22. The Morgan fingerprint density at radius 3 is 2.11 bits per heavy atom. The quantitative estimate of drug-likeness (QED) is 0.898. The van der Waals surface area contributed by atoms with Gasteiger partial charge < -0.3 is 5.73 Å². The van der Waals surface area contributed by atoms with Crippen LogP contribution in [0.2, 0.25) is 0 Å². The number of sulfonamides is 1. The van der Waals surface area contributed by atoms with Crippen LogP contribution in [-0.4, -0.2) is 31.9 Å². The minimum absolute atomic E-state index is 0.177. The van der Waals surface area contributed by atoms with Gasteiger partial charge in [-0.25, -0.2) is 12.8 Å². The fourth-order valence-electron chi connectivity index (χ4n) is 2.20. The molecule has 0 saturated carbocycles. The molecule has 1 rings (SSSR count). The second kappa shape index (κ2) is 5.98. The first-order chi connectivity index (χ1) is 8.71. The molecule has 0 amide bonds. The van der Waals surface area contributed by atoms with E-state index in [0.717, 1.165) is 0 Å². The Morgan fingerprint density at radius 2 is 1.74 bits per heavy atom. The Kier molecular flexibility index (Phi) is 5.06. The van der Waals surface area contributed by atoms with Gasteiger partial charge in [-0.15, -0.1) is 0 Å². The molecule has 0 radical (unpaired) electrons. The monoisotopic (exact) mass is 288 g/mol. The third-order valence-corrected chi connectivity index (χ3v) is 5.30. The predicted molar refractivity (Wildman–Crippen MR) is 74.0 cm³/mol. The standard InChI is InChI=1S/C13H21FN2O2S/c1-9(2)16(6-5-15)19(17,18)13-10(3)7-12(14)8-11(13)4/h7-9H,5-6,15H2,1-4H3. The molecular formula is C13H21FN2O2S. The number of halogens is 1. The number of rotatable bonds is 5. The molecule has 0 heterocycles. The van der Waals surface area contributed by atoms with Crippen LogP contribution in [0.3, 0.4) is 0 Å². The van der Waals surface area contributed by atoms with Crippen molar-refractivity contribution in [1.82, 2.24) is 4.31 Å². The smallest absolute Gasteiger partial charge is 0.243 e. The molecular weight excluding hydrogens is 267 g/mol. The summed E-state index contributed by atoms with van der Waals surface area (Å²) < 4.78 is 40.0. The van der Waals surface area contributed by atoms with Gasteiger partial charge in [0.2, 0.25) is 10.0 Å². The van der Waals surface area contributed by atoms with Crippen molar-refractivity contribution in [2.45, 2.75) is 38.6 Å². The molecule has 108 valence electrons. The van der Waals surface area contributed by atoms with E-state index in [1.54, 1.807) is 27.7 Å². The van der Waals surface area contributed by atoms with Crippen LogP contribution in [-0.2, 0) is 10.0 Å². The van der Waals surface area contributed by atoms with E-state index in [2.05, 4.69) is 0 Å². The van der Waals surface area contributed by atoms with E-state index in [0.29, 0.717) is 11.1 Å². The Morgan fingerprint density at radius 1 is 1.26 bits per heavy atom. The summed E-state index contributed by atoms with van der Waals surface area (Å²) in [5, 5.41) is 0. The lowest BCUT2D eigenvalue weighted by Crippen LogP contribution is -2.40. The maximum atomic E-state index is 13.3. The van der Waals surface area contributed by atoms with Gasteiger partial charge in [0.15, 0.2) is 0 Å². The summed E-state index contributed by atoms with van der Waals surface area (Å²) in [7, 11) is -3.65. The number of hydrogen-bond acceptors (Lipinski definition) is 3. The second-order valence-electron chi connectivity index (χ2n) is 4.87. The van der Waals surface area contributed by atoms with Gasteiger partial charge in [-0.2, -0.15) is 4.31 Å². The first kappa shape index (κ1) is 16.1. The number of aryl methyl sites for hydroxylation is 2. The van der Waals surface area contributed by atoms with Gasteiger partial charge in [-0.1, -0.05) is 0 Å². The predicted octanol–water partition coefficient (Wildman–Crippen LogP) is 1.80. The molecule has 1 aromatic carbocycles. The molecule has 2 N–H and O–H groups in total. The largest absolute Gasteiger partial charge is 0.329 e. The van der Waals surface area contributed by atoms with Crippen LogP contribution in [0.25, 0.3) is 0 Å². The van der Waals surface area contributed by atoms with E-state index in [-0.39, 0.29) is 24.0 Å². The number of benzene rings is 1. The van der Waals surface area contributed by atoms with Crippen LogP contribution in [0, 0.1) is 19.7 Å². The van der Waals surface area contributed by atoms with Crippen molar-refractivity contribution in [1.29, 1.82) is 0 Å². The molecule has 0 aliphatic heterocycles. The van der Waals surface area contributed by atoms with E-state index in [4.69, 9.17) is 5.73 Å². The lowest BCUT2D eigenvalue weighted by atomic mass is 10.1. The molecule has 0 aliphatic rings. The Hall–Kier alpha value is -0.980. The van der Waals surface area contributed by atoms with Gasteiger partial charge in [0.05, 0.1) is 4.90 Å². The first-order valence-corrected chi connectivity index (χ1v) is 7.64. The van der Waals surface area contributed by atoms with Crippen molar-refractivity contribution in [3.05, 3.63) is 29.1 Å². The third kappa shape index (κ3) is 3.32. The Bertz CT molecular complexity index is 533. The van der Waals surface area contributed by atoms with Gasteiger partial charge >= 0.3 is 0 Å². The van der Waals surface area contributed by atoms with Gasteiger partial charge in [-0.05, 0) is 51.0 Å². The number of nitrogens with two attached hydrogens (primary N) is 1. The fourth-order valence-corrected chi connectivity index (χ4v) is 4.27. The van der Waals surface area contributed by atoms with Crippen molar-refractivity contribution in [3.63, 3.8) is 0 Å². The van der Waals surface area contributed by atoms with Crippen molar-refractivity contribution in [2.75, 3.05) is 13.1 Å². The van der Waals surface area contributed by atoms with Gasteiger partial charge in [0, 0.05) is 19.1 Å². The zero-order valence-electron chi connectivity index (χ0n) is 11.8. The first-order valence-electron chi connectivity index (χ1n) is 6.20. The number of nitrogens with zero attached hydrogens (tertiary/aromatic N) is 1. The normalized spacial score (nSPS) is 12.4. The molecule has 0 aromatic heterocycles. The van der Waals surface area contributed by atoms with Gasteiger partial charge in [0.25, 0.3) is 0 Å². The van der Waals surface area contributed by atoms with Crippen LogP contribution >= 0.6 is 0 Å². The molecule has 0 fully saturated rings. The lowest BCUT2D eigenvalue weighted by molar-refractivity contribution is 0.360. The van der Waals surface area contributed by atoms with E-state index in [1.807, 2.05) is 0 Å². The SMILES string of the molecule is Cc1cc(F)cc(C)c1S(=O)(=O)N(CCN)C(C)C. The zero-order chi connectivity index (χ0) is 14.8. The highest BCUT2D eigenvalue weighted by Crippen LogP contribution is 2.25. The summed E-state index contributed by atoms with van der Waals surface area (Å²) >= 11 is 0. The van der Waals surface area contributed by atoms with Crippen molar-refractivity contribution < 1.29 is 12.8 Å². The molecule has 4 nitrogen and oxygen atoms in total. The molecule has 0 bridgehead atoms. The summed E-state index contributed by atoms with van der Waals surface area (Å²) in [6.45, 7) is 7.28. The third-order valence-electron chi connectivity index (χ3n) is 2.92. The summed E-state index contributed by atoms with van der Waals surface area (Å²) in [6, 6.07) is 2.28. The van der Waals surface area contributed by atoms with Crippen LogP contribution in [0.5, 0.6) is 0 Å². The maximum Gasteiger partial charge on any atom is 0.243 e. The zero-order valence-corrected chi connectivity index (χ0v) is 12.6. The van der Waals surface area contributed by atoms with Crippen LogP contribution in [0.4, 0.5) is 4.39 Å². The lowest BCUT2D eigenvalue weighted by Gasteiger charge is -2.27. The molecule has 19 heavy (non-hydrogen) atoms. The Labute approximate surface area is 114 Å². The molecule has 1 aromatic rings. The number of hydrogen-bond donors (Lipinski definition) is 1. The topological polar surface area (TPSA) is 63.4 Å². The second-order valence-corrected chi connectivity index (χ2v) is 6.69. The highest BCUT2D eigenvalue weighted by molar-refractivity contribution is 7.89. The summed E-state index contributed by atoms with van der Waals surface area (Å²) in [6.07, 6.45) is 0. The minimum atomic E-state index is -3.65. The molecule has 0 spiro atoms. The highest BCUT2D eigenvalue weighted by atomic mass is 32.2. The average molecular weight is 288 g/mol. The van der Waals surface area contributed by atoms with E-state index in [1.165, 1.54) is 16.4 Å². The van der Waals surface area contributed by atoms with Crippen molar-refractivity contribution >= 4 is 10.0 Å². The van der Waals surface area contributed by atoms with Crippen LogP contribution in [0.15, 0.2) is 17.0 Å². The van der Waals surface area contributed by atoms with Gasteiger partial charge in [0.1, 0.15) is 5.82 Å². The summed E-state index contributed by atoms with van der Waals surface area (Å²) in [4.78, 5) is 0.177. The molecule has 6 heteroatoms. The molecule has 0 aliphatic carbocycles. The summed E-state index contributed by atoms with van der Waals surface area (Å²) in [5.41, 5.74) is 6.31. The van der Waals surface area contributed by atoms with E-state index in [9.17, 15) is 12.8 Å². The van der Waals surface area contributed by atoms with Crippen LogP contribution in [0.1, 0.15) is 25.0 Å². The highest BCUT2D eigenvalue weighted by Gasteiger charge is 2.29. The molecule has 0 atom stereocenters. The van der Waals surface area contributed by atoms with E-state index >= 15 is 0 Å².